The number of pyridine rings is 1. The van der Waals surface area contributed by atoms with Gasteiger partial charge in [0.2, 0.25) is 5.95 Å². The Morgan fingerprint density at radius 3 is 2.55 bits per heavy atom. The fraction of sp³-hybridized carbons (Fsp3) is 0.600. The summed E-state index contributed by atoms with van der Waals surface area (Å²) in [5, 5.41) is 6.96. The number of imidazole rings is 1. The van der Waals surface area contributed by atoms with E-state index in [9.17, 15) is 0 Å². The molecule has 3 heterocycles. The molecule has 0 saturated heterocycles. The average molecular weight is 451 g/mol. The fourth-order valence-corrected chi connectivity index (χ4v) is 4.85. The number of hydrogen-bond acceptors (Lipinski definition) is 7. The molecule has 33 heavy (non-hydrogen) atoms. The zero-order valence-corrected chi connectivity index (χ0v) is 20.5. The van der Waals surface area contributed by atoms with E-state index in [4.69, 9.17) is 15.0 Å². The highest BCUT2D eigenvalue weighted by Crippen LogP contribution is 2.32. The van der Waals surface area contributed by atoms with Crippen molar-refractivity contribution in [3.05, 3.63) is 36.4 Å². The monoisotopic (exact) mass is 450 g/mol. The summed E-state index contributed by atoms with van der Waals surface area (Å²) in [5.74, 6) is 1.42. The lowest BCUT2D eigenvalue weighted by Crippen LogP contribution is -2.40. The second-order valence-corrected chi connectivity index (χ2v) is 9.58. The Labute approximate surface area is 197 Å². The van der Waals surface area contributed by atoms with E-state index in [2.05, 4.69) is 58.8 Å². The van der Waals surface area contributed by atoms with Gasteiger partial charge in [-0.15, -0.1) is 0 Å². The van der Waals surface area contributed by atoms with Crippen molar-refractivity contribution in [2.75, 3.05) is 23.7 Å². The first-order valence-corrected chi connectivity index (χ1v) is 12.4. The van der Waals surface area contributed by atoms with E-state index in [1.54, 1.807) is 6.20 Å². The van der Waals surface area contributed by atoms with Crippen LogP contribution in [-0.4, -0.2) is 54.6 Å². The molecule has 0 aliphatic heterocycles. The first kappa shape index (κ1) is 23.4. The van der Waals surface area contributed by atoms with Crippen molar-refractivity contribution in [3.8, 4) is 0 Å². The van der Waals surface area contributed by atoms with Gasteiger partial charge in [-0.05, 0) is 52.2 Å². The molecule has 3 aromatic heterocycles. The van der Waals surface area contributed by atoms with E-state index in [0.717, 1.165) is 35.6 Å². The topological polar surface area (TPSA) is 83.8 Å². The predicted octanol–water partition coefficient (Wildman–Crippen LogP) is 4.87. The minimum absolute atomic E-state index is 0.468. The number of rotatable bonds is 10. The summed E-state index contributed by atoms with van der Waals surface area (Å²) in [4.78, 5) is 21.1. The largest absolute Gasteiger partial charge is 0.367 e. The minimum Gasteiger partial charge on any atom is -0.367 e. The van der Waals surface area contributed by atoms with Gasteiger partial charge in [-0.2, -0.15) is 9.97 Å². The molecule has 1 saturated carbocycles. The summed E-state index contributed by atoms with van der Waals surface area (Å²) in [6.45, 7) is 11.4. The van der Waals surface area contributed by atoms with E-state index in [1.807, 2.05) is 18.6 Å². The van der Waals surface area contributed by atoms with E-state index < -0.39 is 0 Å². The molecule has 4 rings (SSSR count). The van der Waals surface area contributed by atoms with Crippen LogP contribution in [0.4, 0.5) is 11.8 Å². The second kappa shape index (κ2) is 10.9. The zero-order valence-electron chi connectivity index (χ0n) is 20.5. The third-order valence-electron chi connectivity index (χ3n) is 6.55. The van der Waals surface area contributed by atoms with Crippen LogP contribution in [0.5, 0.6) is 0 Å². The van der Waals surface area contributed by atoms with Gasteiger partial charge in [0.1, 0.15) is 0 Å². The van der Waals surface area contributed by atoms with Crippen molar-refractivity contribution in [2.24, 2.45) is 0 Å². The molecule has 0 spiro atoms. The van der Waals surface area contributed by atoms with Crippen molar-refractivity contribution >= 4 is 22.9 Å². The SMILES string of the molecule is CC(C)N(CCNc1nc(NCc2cccnc2)nc2c1ncn2C1CCCCC1)C(C)C. The van der Waals surface area contributed by atoms with E-state index >= 15 is 0 Å². The second-order valence-electron chi connectivity index (χ2n) is 9.58. The molecule has 1 aliphatic carbocycles. The van der Waals surface area contributed by atoms with Crippen LogP contribution in [0.25, 0.3) is 11.2 Å². The number of fused-ring (bicyclic) bond motifs is 1. The van der Waals surface area contributed by atoms with Gasteiger partial charge in [-0.3, -0.25) is 9.88 Å². The van der Waals surface area contributed by atoms with Crippen molar-refractivity contribution < 1.29 is 0 Å². The first-order valence-electron chi connectivity index (χ1n) is 12.4. The molecule has 1 fully saturated rings. The molecule has 8 nitrogen and oxygen atoms in total. The Morgan fingerprint density at radius 1 is 1.06 bits per heavy atom. The molecule has 1 aliphatic rings. The quantitative estimate of drug-likeness (QED) is 0.456. The number of anilines is 2. The van der Waals surface area contributed by atoms with Crippen LogP contribution in [-0.2, 0) is 6.54 Å². The summed E-state index contributed by atoms with van der Waals surface area (Å²) < 4.78 is 2.27. The van der Waals surface area contributed by atoms with Crippen LogP contribution in [0, 0.1) is 0 Å². The molecule has 0 unspecified atom stereocenters. The van der Waals surface area contributed by atoms with Crippen LogP contribution < -0.4 is 10.6 Å². The normalized spacial score (nSPS) is 15.1. The van der Waals surface area contributed by atoms with Gasteiger partial charge in [0.05, 0.1) is 6.33 Å². The third-order valence-corrected chi connectivity index (χ3v) is 6.55. The zero-order chi connectivity index (χ0) is 23.2. The third kappa shape index (κ3) is 5.79. The van der Waals surface area contributed by atoms with E-state index in [-0.39, 0.29) is 0 Å². The molecule has 178 valence electrons. The summed E-state index contributed by atoms with van der Waals surface area (Å²) in [7, 11) is 0. The van der Waals surface area contributed by atoms with Gasteiger partial charge >= 0.3 is 0 Å². The van der Waals surface area contributed by atoms with Crippen molar-refractivity contribution in [1.82, 2.24) is 29.4 Å². The Bertz CT molecular complexity index is 1000. The molecular formula is C25H38N8. The minimum atomic E-state index is 0.468. The average Bonchev–Trinajstić information content (AvgIpc) is 3.25. The summed E-state index contributed by atoms with van der Waals surface area (Å²) in [6.07, 6.45) is 11.9. The lowest BCUT2D eigenvalue weighted by Gasteiger charge is -2.30. The lowest BCUT2D eigenvalue weighted by molar-refractivity contribution is 0.182. The molecular weight excluding hydrogens is 412 g/mol. The summed E-state index contributed by atoms with van der Waals surface area (Å²) in [6, 6.07) is 5.46. The Balaban J connectivity index is 1.58. The molecule has 0 bridgehead atoms. The van der Waals surface area contributed by atoms with Crippen LogP contribution in [0.3, 0.4) is 0 Å². The van der Waals surface area contributed by atoms with Crippen molar-refractivity contribution in [2.45, 2.75) is 84.5 Å². The molecule has 0 amide bonds. The highest BCUT2D eigenvalue weighted by atomic mass is 15.2. The van der Waals surface area contributed by atoms with Gasteiger partial charge in [0, 0.05) is 50.2 Å². The maximum atomic E-state index is 4.89. The molecule has 3 aromatic rings. The Morgan fingerprint density at radius 2 is 1.85 bits per heavy atom. The van der Waals surface area contributed by atoms with Gasteiger partial charge in [0.15, 0.2) is 17.0 Å². The lowest BCUT2D eigenvalue weighted by atomic mass is 9.95. The number of nitrogens with one attached hydrogen (secondary N) is 2. The molecule has 0 atom stereocenters. The van der Waals surface area contributed by atoms with Crippen LogP contribution >= 0.6 is 0 Å². The van der Waals surface area contributed by atoms with Gasteiger partial charge < -0.3 is 15.2 Å². The van der Waals surface area contributed by atoms with E-state index in [1.165, 1.54) is 32.1 Å². The van der Waals surface area contributed by atoms with Gasteiger partial charge in [-0.25, -0.2) is 4.98 Å². The van der Waals surface area contributed by atoms with Gasteiger partial charge in [0.25, 0.3) is 0 Å². The summed E-state index contributed by atoms with van der Waals surface area (Å²) in [5.41, 5.74) is 2.87. The standard InChI is InChI=1S/C25H38N8/c1-18(2)32(19(3)4)14-13-27-23-22-24(33(17-29-22)21-10-6-5-7-11-21)31-25(30-23)28-16-20-9-8-12-26-15-20/h8-9,12,15,17-19,21H,5-7,10-11,13-14,16H2,1-4H3,(H2,27,28,30,31). The van der Waals surface area contributed by atoms with Crippen molar-refractivity contribution in [1.29, 1.82) is 0 Å². The van der Waals surface area contributed by atoms with E-state index in [0.29, 0.717) is 30.6 Å². The van der Waals surface area contributed by atoms with Gasteiger partial charge in [-0.1, -0.05) is 25.3 Å². The summed E-state index contributed by atoms with van der Waals surface area (Å²) >= 11 is 0. The van der Waals surface area contributed by atoms with Crippen LogP contribution in [0.1, 0.15) is 71.4 Å². The Kier molecular flexibility index (Phi) is 7.75. The molecule has 8 heteroatoms. The maximum absolute atomic E-state index is 4.89. The molecule has 0 radical (unpaired) electrons. The van der Waals surface area contributed by atoms with Crippen molar-refractivity contribution in [3.63, 3.8) is 0 Å². The maximum Gasteiger partial charge on any atom is 0.227 e. The number of hydrogen-bond donors (Lipinski definition) is 2. The van der Waals surface area contributed by atoms with Crippen LogP contribution in [0.2, 0.25) is 0 Å². The molecule has 0 aromatic carbocycles. The predicted molar refractivity (Wildman–Crippen MR) is 134 cm³/mol. The highest BCUT2D eigenvalue weighted by molar-refractivity contribution is 5.84. The smallest absolute Gasteiger partial charge is 0.227 e. The van der Waals surface area contributed by atoms with Crippen LogP contribution in [0.15, 0.2) is 30.9 Å². The first-order chi connectivity index (χ1) is 16.0. The fourth-order valence-electron chi connectivity index (χ4n) is 4.85. The number of aromatic nitrogens is 5. The number of nitrogens with zero attached hydrogens (tertiary/aromatic N) is 6. The Hall–Kier alpha value is -2.74. The molecule has 2 N–H and O–H groups in total. The highest BCUT2D eigenvalue weighted by Gasteiger charge is 2.21.